The van der Waals surface area contributed by atoms with Crippen LogP contribution in [0.2, 0.25) is 0 Å². The van der Waals surface area contributed by atoms with Crippen LogP contribution in [0, 0.1) is 0 Å². The molecule has 0 atom stereocenters. The monoisotopic (exact) mass is 455 g/mol. The fourth-order valence-corrected chi connectivity index (χ4v) is 4.92. The number of nitrogens with zero attached hydrogens (tertiary/aromatic N) is 2. The summed E-state index contributed by atoms with van der Waals surface area (Å²) in [6.07, 6.45) is 0.651. The molecule has 3 aliphatic rings. The molecule has 2 aromatic rings. The Bertz CT molecular complexity index is 1200. The van der Waals surface area contributed by atoms with Gasteiger partial charge in [0, 0.05) is 29.9 Å². The lowest BCUT2D eigenvalue weighted by molar-refractivity contribution is -0.838. The van der Waals surface area contributed by atoms with Crippen molar-refractivity contribution in [1.29, 1.82) is 0 Å². The number of rotatable bonds is 2. The van der Waals surface area contributed by atoms with Crippen molar-refractivity contribution < 1.29 is 32.8 Å². The van der Waals surface area contributed by atoms with Crippen LogP contribution in [0.15, 0.2) is 47.0 Å². The number of nitrogens with one attached hydrogen (secondary N) is 1. The van der Waals surface area contributed by atoms with Crippen molar-refractivity contribution >= 4 is 35.3 Å². The first-order valence-electron chi connectivity index (χ1n) is 10.8. The Morgan fingerprint density at radius 2 is 1.70 bits per heavy atom. The van der Waals surface area contributed by atoms with Crippen LogP contribution in [0.5, 0.6) is 0 Å². The van der Waals surface area contributed by atoms with Crippen LogP contribution >= 0.6 is 0 Å². The number of aliphatic imine (C=N–C) groups is 1. The van der Waals surface area contributed by atoms with E-state index >= 15 is 0 Å². The van der Waals surface area contributed by atoms with Gasteiger partial charge in [-0.15, -0.1) is 0 Å². The highest BCUT2D eigenvalue weighted by Crippen LogP contribution is 2.33. The molecule has 0 unspecified atom stereocenters. The second-order valence-corrected chi connectivity index (χ2v) is 8.47. The lowest BCUT2D eigenvalue weighted by atomic mass is 9.89. The van der Waals surface area contributed by atoms with Crippen molar-refractivity contribution in [2.75, 3.05) is 18.0 Å². The fourth-order valence-electron chi connectivity index (χ4n) is 4.92. The van der Waals surface area contributed by atoms with Crippen molar-refractivity contribution in [1.82, 2.24) is 0 Å². The smallest absolute Gasteiger partial charge is 0.416 e. The van der Waals surface area contributed by atoms with E-state index in [-0.39, 0.29) is 11.3 Å². The van der Waals surface area contributed by atoms with Gasteiger partial charge in [0.1, 0.15) is 5.69 Å². The van der Waals surface area contributed by atoms with Gasteiger partial charge in [-0.3, -0.25) is 4.79 Å². The summed E-state index contributed by atoms with van der Waals surface area (Å²) in [4.78, 5) is 30.8. The lowest BCUT2D eigenvalue weighted by Gasteiger charge is -2.32. The highest BCUT2D eigenvalue weighted by atomic mass is 19.4. The van der Waals surface area contributed by atoms with Crippen molar-refractivity contribution in [3.05, 3.63) is 64.2 Å². The van der Waals surface area contributed by atoms with Crippen LogP contribution in [-0.4, -0.2) is 30.9 Å². The molecule has 0 aliphatic carbocycles. The molecule has 0 saturated heterocycles. The van der Waals surface area contributed by atoms with Gasteiger partial charge in [0.2, 0.25) is 0 Å². The van der Waals surface area contributed by atoms with Gasteiger partial charge in [0.05, 0.1) is 29.9 Å². The van der Waals surface area contributed by atoms with Crippen molar-refractivity contribution in [2.45, 2.75) is 31.9 Å². The molecule has 0 fully saturated rings. The van der Waals surface area contributed by atoms with Gasteiger partial charge in [-0.2, -0.15) is 13.2 Å². The van der Waals surface area contributed by atoms with Crippen LogP contribution in [0.1, 0.15) is 35.1 Å². The Labute approximate surface area is 187 Å². The van der Waals surface area contributed by atoms with E-state index in [1.54, 1.807) is 0 Å². The van der Waals surface area contributed by atoms with E-state index in [2.05, 4.69) is 4.99 Å². The summed E-state index contributed by atoms with van der Waals surface area (Å²) in [5.41, 5.74) is 2.66. The molecular formula is C24H20F3N3O3. The van der Waals surface area contributed by atoms with Gasteiger partial charge in [0.25, 0.3) is 5.91 Å². The maximum absolute atomic E-state index is 13.1. The molecule has 0 saturated carbocycles. The molecule has 0 radical (unpaired) electrons. The molecule has 170 valence electrons. The van der Waals surface area contributed by atoms with E-state index in [9.17, 15) is 27.9 Å². The molecule has 3 amide bonds. The summed E-state index contributed by atoms with van der Waals surface area (Å²) < 4.78 is 39.4. The minimum Gasteiger partial charge on any atom is -0.858 e. The van der Waals surface area contributed by atoms with Crippen molar-refractivity contribution in [2.24, 2.45) is 4.99 Å². The first kappa shape index (κ1) is 21.4. The summed E-state index contributed by atoms with van der Waals surface area (Å²) in [5.74, 6) is -1.98. The Hall–Kier alpha value is -3.46. The van der Waals surface area contributed by atoms with E-state index in [1.807, 2.05) is 12.1 Å². The molecule has 5 rings (SSSR count). The van der Waals surface area contributed by atoms with E-state index in [0.717, 1.165) is 50.9 Å². The maximum Gasteiger partial charge on any atom is 0.416 e. The number of alkyl halides is 3. The topological polar surface area (TPSA) is 77.2 Å². The Morgan fingerprint density at radius 1 is 1.03 bits per heavy atom. The van der Waals surface area contributed by atoms with Crippen LogP contribution in [-0.2, 0) is 23.8 Å². The van der Waals surface area contributed by atoms with Gasteiger partial charge < -0.3 is 10.0 Å². The highest BCUT2D eigenvalue weighted by molar-refractivity contribution is 6.36. The van der Waals surface area contributed by atoms with E-state index < -0.39 is 29.6 Å². The molecule has 33 heavy (non-hydrogen) atoms. The number of imide groups is 1. The predicted octanol–water partition coefficient (Wildman–Crippen LogP) is 2.42. The molecule has 0 bridgehead atoms. The highest BCUT2D eigenvalue weighted by Gasteiger charge is 2.35. The van der Waals surface area contributed by atoms with Gasteiger partial charge in [-0.1, -0.05) is 6.07 Å². The van der Waals surface area contributed by atoms with Crippen molar-refractivity contribution in [3.63, 3.8) is 0 Å². The number of urea groups is 1. The molecule has 3 aliphatic heterocycles. The van der Waals surface area contributed by atoms with Gasteiger partial charge in [-0.25, -0.2) is 14.7 Å². The average Bonchev–Trinajstić information content (AvgIpc) is 2.76. The normalized spacial score (nSPS) is 20.2. The third-order valence-corrected chi connectivity index (χ3v) is 6.32. The summed E-state index contributed by atoms with van der Waals surface area (Å²) in [5, 5.41) is 12.4. The Balaban J connectivity index is 1.55. The molecule has 2 aromatic carbocycles. The zero-order chi connectivity index (χ0) is 23.3. The molecule has 0 spiro atoms. The van der Waals surface area contributed by atoms with Crippen LogP contribution in [0.4, 0.5) is 29.3 Å². The standard InChI is InChI=1S/C24H20F3N3O3/c25-24(26,27)17-6-1-7-18(13-17)30-22(32)19(21(31)28-23(30)33)12-14-10-15-4-2-8-29-9-3-5-16(11-14)20(15)29/h1,6-7,10-13H,2-5,8-9H2,(H,28,31,33)/b19-12+. The largest absolute Gasteiger partial charge is 0.858 e. The van der Waals surface area contributed by atoms with E-state index in [0.29, 0.717) is 16.5 Å². The number of hydrogen-bond donors (Lipinski definition) is 1. The zero-order valence-corrected chi connectivity index (χ0v) is 17.5. The minimum atomic E-state index is -4.65. The van der Waals surface area contributed by atoms with E-state index in [4.69, 9.17) is 0 Å². The van der Waals surface area contributed by atoms with E-state index in [1.165, 1.54) is 33.9 Å². The Kier molecular flexibility index (Phi) is 5.08. The summed E-state index contributed by atoms with van der Waals surface area (Å²) in [6.45, 7) is 2.18. The number of hydrogen-bond acceptors (Lipinski definition) is 3. The number of aryl methyl sites for hydroxylation is 2. The van der Waals surface area contributed by atoms with Crippen LogP contribution < -0.4 is 14.9 Å². The molecule has 9 heteroatoms. The second-order valence-electron chi connectivity index (χ2n) is 8.47. The number of carbonyl (C=O) groups excluding carboxylic acids is 2. The molecule has 0 aromatic heterocycles. The first-order valence-corrected chi connectivity index (χ1v) is 10.8. The predicted molar refractivity (Wildman–Crippen MR) is 113 cm³/mol. The SMILES string of the molecule is O=C1N=C([O-])/C(=C\c2cc3c4c(c2)CCC[NH+]4CCC3)C(=O)N1c1cccc(C(F)(F)F)c1. The minimum absolute atomic E-state index is 0.290. The summed E-state index contributed by atoms with van der Waals surface area (Å²) in [7, 11) is 0. The second kappa shape index (κ2) is 7.84. The average molecular weight is 455 g/mol. The molecule has 3 heterocycles. The zero-order valence-electron chi connectivity index (χ0n) is 17.5. The van der Waals surface area contributed by atoms with Gasteiger partial charge >= 0.3 is 12.2 Å². The van der Waals surface area contributed by atoms with Crippen LogP contribution in [0.25, 0.3) is 6.08 Å². The molecule has 1 N–H and O–H groups in total. The maximum atomic E-state index is 13.1. The number of anilines is 1. The summed E-state index contributed by atoms with van der Waals surface area (Å²) in [6, 6.07) is 6.52. The first-order chi connectivity index (χ1) is 15.7. The number of benzene rings is 2. The lowest BCUT2D eigenvalue weighted by Crippen LogP contribution is -3.09. The fraction of sp³-hybridized carbons (Fsp3) is 0.292. The van der Waals surface area contributed by atoms with Gasteiger partial charge in [-0.05, 0) is 54.8 Å². The number of halogens is 3. The van der Waals surface area contributed by atoms with Gasteiger partial charge in [0.15, 0.2) is 0 Å². The third kappa shape index (κ3) is 3.82. The number of amides is 3. The molecule has 6 nitrogen and oxygen atoms in total. The number of quaternary nitrogens is 1. The summed E-state index contributed by atoms with van der Waals surface area (Å²) >= 11 is 0. The molecular weight excluding hydrogens is 435 g/mol. The van der Waals surface area contributed by atoms with Crippen LogP contribution in [0.3, 0.4) is 0 Å². The number of carbonyl (C=O) groups is 2. The quantitative estimate of drug-likeness (QED) is 0.707. The van der Waals surface area contributed by atoms with Crippen molar-refractivity contribution in [3.8, 4) is 0 Å². The third-order valence-electron chi connectivity index (χ3n) is 6.32. The Morgan fingerprint density at radius 3 is 2.33 bits per heavy atom.